The Morgan fingerprint density at radius 1 is 1.14 bits per heavy atom. The molecule has 36 heavy (non-hydrogen) atoms. The van der Waals surface area contributed by atoms with Crippen LogP contribution in [0.5, 0.6) is 5.75 Å². The van der Waals surface area contributed by atoms with Crippen molar-refractivity contribution in [1.29, 1.82) is 0 Å². The number of hydrogen-bond donors (Lipinski definition) is 4. The van der Waals surface area contributed by atoms with Crippen LogP contribution in [0.25, 0.3) is 11.0 Å². The molecule has 0 radical (unpaired) electrons. The van der Waals surface area contributed by atoms with Gasteiger partial charge in [-0.2, -0.15) is 0 Å². The summed E-state index contributed by atoms with van der Waals surface area (Å²) in [6, 6.07) is 6.52. The van der Waals surface area contributed by atoms with Crippen molar-refractivity contribution < 1.29 is 29.0 Å². The minimum absolute atomic E-state index is 0.111. The maximum Gasteiger partial charge on any atom is 0.287 e. The van der Waals surface area contributed by atoms with Crippen molar-refractivity contribution in [2.75, 3.05) is 13.7 Å². The summed E-state index contributed by atoms with van der Waals surface area (Å²) in [5.41, 5.74) is 0.496. The van der Waals surface area contributed by atoms with Crippen LogP contribution in [0.4, 0.5) is 0 Å². The van der Waals surface area contributed by atoms with Gasteiger partial charge in [-0.15, -0.1) is 0 Å². The average molecular weight is 503 g/mol. The van der Waals surface area contributed by atoms with E-state index in [-0.39, 0.29) is 24.1 Å². The van der Waals surface area contributed by atoms with Gasteiger partial charge in [-0.05, 0) is 36.8 Å². The Bertz CT molecular complexity index is 997. The van der Waals surface area contributed by atoms with Gasteiger partial charge in [-0.3, -0.25) is 9.59 Å². The van der Waals surface area contributed by atoms with E-state index in [9.17, 15) is 19.8 Å². The molecule has 8 nitrogen and oxygen atoms in total. The molecule has 0 aliphatic heterocycles. The Labute approximate surface area is 213 Å². The highest BCUT2D eigenvalue weighted by Gasteiger charge is 2.32. The third-order valence-corrected chi connectivity index (χ3v) is 7.13. The molecule has 0 spiro atoms. The number of fused-ring (bicyclic) bond motifs is 1. The van der Waals surface area contributed by atoms with Crippen LogP contribution in [0.15, 0.2) is 28.7 Å². The van der Waals surface area contributed by atoms with E-state index >= 15 is 0 Å². The first kappa shape index (κ1) is 28.0. The highest BCUT2D eigenvalue weighted by Crippen LogP contribution is 2.30. The number of aliphatic hydroxyl groups is 2. The molecule has 200 valence electrons. The third kappa shape index (κ3) is 7.46. The second-order valence-electron chi connectivity index (χ2n) is 10.6. The number of ether oxygens (including phenoxy) is 1. The number of benzene rings is 1. The molecule has 8 heteroatoms. The Balaban J connectivity index is 1.60. The molecular weight excluding hydrogens is 460 g/mol. The van der Waals surface area contributed by atoms with Crippen molar-refractivity contribution in [3.05, 3.63) is 30.0 Å². The van der Waals surface area contributed by atoms with Crippen LogP contribution in [0.2, 0.25) is 0 Å². The van der Waals surface area contributed by atoms with Crippen LogP contribution in [0, 0.1) is 17.8 Å². The van der Waals surface area contributed by atoms with Gasteiger partial charge in [0, 0.05) is 11.9 Å². The van der Waals surface area contributed by atoms with E-state index in [1.165, 1.54) is 13.5 Å². The molecule has 1 fully saturated rings. The molecule has 2 aromatic rings. The number of para-hydroxylation sites is 1. The lowest BCUT2D eigenvalue weighted by Gasteiger charge is -2.33. The summed E-state index contributed by atoms with van der Waals surface area (Å²) in [6.07, 6.45) is 4.86. The van der Waals surface area contributed by atoms with E-state index in [1.54, 1.807) is 19.1 Å². The zero-order valence-electron chi connectivity index (χ0n) is 22.0. The SMILES string of the molecule is COc1cccc2cc(C(=O)NC[C@H](C)C(=O)N[C@@H](CC3CCCCC3)[C@@H](O)[C@@H](O)CC(C)C)oc12. The summed E-state index contributed by atoms with van der Waals surface area (Å²) in [4.78, 5) is 25.7. The van der Waals surface area contributed by atoms with Gasteiger partial charge < -0.3 is 30.0 Å². The minimum Gasteiger partial charge on any atom is -0.493 e. The molecule has 4 N–H and O–H groups in total. The number of furan rings is 1. The molecule has 1 aromatic carbocycles. The van der Waals surface area contributed by atoms with Crippen molar-refractivity contribution in [2.24, 2.45) is 17.8 Å². The topological polar surface area (TPSA) is 121 Å². The number of methoxy groups -OCH3 is 1. The molecule has 1 heterocycles. The van der Waals surface area contributed by atoms with E-state index in [4.69, 9.17) is 9.15 Å². The van der Waals surface area contributed by atoms with Crippen molar-refractivity contribution in [1.82, 2.24) is 10.6 Å². The first-order valence-electron chi connectivity index (χ1n) is 13.2. The normalized spacial score (nSPS) is 18.0. The van der Waals surface area contributed by atoms with E-state index in [1.807, 2.05) is 26.0 Å². The minimum atomic E-state index is -1.04. The standard InChI is InChI=1S/C28H42N2O6/c1-17(2)13-22(31)25(32)21(14-19-9-6-5-7-10-19)30-27(33)18(3)16-29-28(34)24-15-20-11-8-12-23(35-4)26(20)36-24/h8,11-12,15,17-19,21-22,25,31-32H,5-7,9-10,13-14,16H2,1-4H3,(H,29,34)(H,30,33)/t18-,21-,22-,25+/m0/s1. The Kier molecular flexibility index (Phi) is 10.2. The number of nitrogens with one attached hydrogen (secondary N) is 2. The van der Waals surface area contributed by atoms with Crippen LogP contribution < -0.4 is 15.4 Å². The number of aliphatic hydroxyl groups excluding tert-OH is 2. The number of rotatable bonds is 12. The predicted molar refractivity (Wildman–Crippen MR) is 139 cm³/mol. The summed E-state index contributed by atoms with van der Waals surface area (Å²) in [5, 5.41) is 28.0. The summed E-state index contributed by atoms with van der Waals surface area (Å²) in [6.45, 7) is 5.83. The van der Waals surface area contributed by atoms with Gasteiger partial charge in [0.25, 0.3) is 5.91 Å². The number of carbonyl (C=O) groups is 2. The second kappa shape index (κ2) is 13.1. The Morgan fingerprint density at radius 3 is 2.53 bits per heavy atom. The fraction of sp³-hybridized carbons (Fsp3) is 0.643. The monoisotopic (exact) mass is 502 g/mol. The third-order valence-electron chi connectivity index (χ3n) is 7.13. The van der Waals surface area contributed by atoms with Crippen LogP contribution in [0.1, 0.15) is 76.3 Å². The molecular formula is C28H42N2O6. The molecule has 0 unspecified atom stereocenters. The molecule has 2 amide bonds. The fourth-order valence-electron chi connectivity index (χ4n) is 5.02. The van der Waals surface area contributed by atoms with Gasteiger partial charge in [0.05, 0.1) is 25.2 Å². The summed E-state index contributed by atoms with van der Waals surface area (Å²) in [7, 11) is 1.54. The van der Waals surface area contributed by atoms with Gasteiger partial charge in [0.15, 0.2) is 17.1 Å². The van der Waals surface area contributed by atoms with Gasteiger partial charge in [0.1, 0.15) is 6.10 Å². The number of carbonyl (C=O) groups excluding carboxylic acids is 2. The molecule has 1 aliphatic rings. The van der Waals surface area contributed by atoms with Crippen molar-refractivity contribution in [3.8, 4) is 5.75 Å². The Morgan fingerprint density at radius 2 is 1.86 bits per heavy atom. The molecule has 3 rings (SSSR count). The van der Waals surface area contributed by atoms with Gasteiger partial charge in [-0.1, -0.05) is 65.0 Å². The number of hydrogen-bond acceptors (Lipinski definition) is 6. The first-order chi connectivity index (χ1) is 17.2. The van der Waals surface area contributed by atoms with Crippen LogP contribution in [-0.4, -0.2) is 53.9 Å². The van der Waals surface area contributed by atoms with E-state index < -0.39 is 30.1 Å². The maximum atomic E-state index is 13.0. The van der Waals surface area contributed by atoms with Gasteiger partial charge in [-0.25, -0.2) is 0 Å². The lowest BCUT2D eigenvalue weighted by atomic mass is 9.82. The van der Waals surface area contributed by atoms with Crippen molar-refractivity contribution in [2.45, 2.75) is 84.0 Å². The molecule has 1 aliphatic carbocycles. The Hall–Kier alpha value is -2.58. The van der Waals surface area contributed by atoms with E-state index in [2.05, 4.69) is 10.6 Å². The van der Waals surface area contributed by atoms with Crippen LogP contribution in [0.3, 0.4) is 0 Å². The van der Waals surface area contributed by atoms with Crippen LogP contribution in [-0.2, 0) is 4.79 Å². The van der Waals surface area contributed by atoms with Crippen LogP contribution >= 0.6 is 0 Å². The maximum absolute atomic E-state index is 13.0. The first-order valence-corrected chi connectivity index (χ1v) is 13.2. The zero-order chi connectivity index (χ0) is 26.2. The van der Waals surface area contributed by atoms with E-state index in [0.29, 0.717) is 30.1 Å². The van der Waals surface area contributed by atoms with E-state index in [0.717, 1.165) is 31.1 Å². The van der Waals surface area contributed by atoms with Crippen molar-refractivity contribution >= 4 is 22.8 Å². The zero-order valence-corrected chi connectivity index (χ0v) is 22.0. The highest BCUT2D eigenvalue weighted by atomic mass is 16.5. The molecule has 1 saturated carbocycles. The quantitative estimate of drug-likeness (QED) is 0.348. The molecule has 4 atom stereocenters. The summed E-state index contributed by atoms with van der Waals surface area (Å²) < 4.78 is 11.0. The van der Waals surface area contributed by atoms with Gasteiger partial charge >= 0.3 is 0 Å². The number of amides is 2. The smallest absolute Gasteiger partial charge is 0.287 e. The fourth-order valence-corrected chi connectivity index (χ4v) is 5.02. The largest absolute Gasteiger partial charge is 0.493 e. The highest BCUT2D eigenvalue weighted by molar-refractivity contribution is 5.97. The lowest BCUT2D eigenvalue weighted by molar-refractivity contribution is -0.127. The molecule has 0 saturated heterocycles. The predicted octanol–water partition coefficient (Wildman–Crippen LogP) is 4.03. The summed E-state index contributed by atoms with van der Waals surface area (Å²) >= 11 is 0. The summed E-state index contributed by atoms with van der Waals surface area (Å²) in [5.74, 6) is 0.123. The van der Waals surface area contributed by atoms with Crippen molar-refractivity contribution in [3.63, 3.8) is 0 Å². The lowest BCUT2D eigenvalue weighted by Crippen LogP contribution is -2.52. The average Bonchev–Trinajstić information content (AvgIpc) is 3.31. The molecule has 0 bridgehead atoms. The molecule has 1 aromatic heterocycles. The van der Waals surface area contributed by atoms with Gasteiger partial charge in [0.2, 0.25) is 5.91 Å². The second-order valence-corrected chi connectivity index (χ2v) is 10.6.